The number of piperazine rings is 1. The zero-order chi connectivity index (χ0) is 18.1. The highest BCUT2D eigenvalue weighted by Gasteiger charge is 2.20. The Morgan fingerprint density at radius 1 is 0.960 bits per heavy atom. The molecule has 0 unspecified atom stereocenters. The number of nitrogens with zero attached hydrogens (tertiary/aromatic N) is 2. The van der Waals surface area contributed by atoms with Gasteiger partial charge in [0.15, 0.2) is 0 Å². The molecule has 1 saturated heterocycles. The number of nitrogens with one attached hydrogen (secondary N) is 2. The summed E-state index contributed by atoms with van der Waals surface area (Å²) >= 11 is 0. The molecule has 0 bridgehead atoms. The van der Waals surface area contributed by atoms with Crippen LogP contribution >= 0.6 is 0 Å². The van der Waals surface area contributed by atoms with E-state index >= 15 is 0 Å². The molecule has 0 spiro atoms. The summed E-state index contributed by atoms with van der Waals surface area (Å²) in [6.07, 6.45) is 0.853. The maximum absolute atomic E-state index is 12.1. The van der Waals surface area contributed by atoms with E-state index in [9.17, 15) is 9.59 Å². The van der Waals surface area contributed by atoms with Gasteiger partial charge in [-0.05, 0) is 25.8 Å². The minimum atomic E-state index is 0.0712. The van der Waals surface area contributed by atoms with Crippen molar-refractivity contribution in [1.29, 1.82) is 0 Å². The lowest BCUT2D eigenvalue weighted by atomic mass is 10.1. The molecule has 6 heteroatoms. The fourth-order valence-corrected chi connectivity index (χ4v) is 2.93. The Labute approximate surface area is 150 Å². The van der Waals surface area contributed by atoms with Crippen molar-refractivity contribution in [2.45, 2.75) is 26.3 Å². The van der Waals surface area contributed by atoms with Crippen molar-refractivity contribution in [3.63, 3.8) is 0 Å². The van der Waals surface area contributed by atoms with Gasteiger partial charge in [0, 0.05) is 38.8 Å². The van der Waals surface area contributed by atoms with Gasteiger partial charge in [-0.25, -0.2) is 0 Å². The highest BCUT2D eigenvalue weighted by Crippen LogP contribution is 2.02. The Hall–Kier alpha value is -1.92. The Morgan fingerprint density at radius 3 is 2.08 bits per heavy atom. The minimum Gasteiger partial charge on any atom is -0.355 e. The van der Waals surface area contributed by atoms with Crippen LogP contribution in [0, 0.1) is 0 Å². The summed E-state index contributed by atoms with van der Waals surface area (Å²) in [5, 5.41) is 5.90. The summed E-state index contributed by atoms with van der Waals surface area (Å²) in [4.78, 5) is 28.1. The first-order chi connectivity index (χ1) is 12.0. The van der Waals surface area contributed by atoms with Gasteiger partial charge in [0.25, 0.3) is 0 Å². The van der Waals surface area contributed by atoms with Crippen molar-refractivity contribution in [3.05, 3.63) is 35.9 Å². The van der Waals surface area contributed by atoms with Crippen molar-refractivity contribution in [1.82, 2.24) is 20.4 Å². The summed E-state index contributed by atoms with van der Waals surface area (Å²) in [6, 6.07) is 10.3. The van der Waals surface area contributed by atoms with Crippen LogP contribution in [0.1, 0.15) is 19.4 Å². The highest BCUT2D eigenvalue weighted by molar-refractivity contribution is 5.78. The van der Waals surface area contributed by atoms with E-state index < -0.39 is 0 Å². The van der Waals surface area contributed by atoms with Gasteiger partial charge >= 0.3 is 0 Å². The van der Waals surface area contributed by atoms with Crippen molar-refractivity contribution in [2.75, 3.05) is 45.8 Å². The van der Waals surface area contributed by atoms with Gasteiger partial charge in [-0.1, -0.05) is 30.3 Å². The largest absolute Gasteiger partial charge is 0.355 e. The van der Waals surface area contributed by atoms with Crippen molar-refractivity contribution < 1.29 is 9.59 Å². The first kappa shape index (κ1) is 19.4. The number of carbonyl (C=O) groups is 2. The van der Waals surface area contributed by atoms with E-state index in [-0.39, 0.29) is 17.9 Å². The van der Waals surface area contributed by atoms with E-state index in [2.05, 4.69) is 32.6 Å². The van der Waals surface area contributed by atoms with Crippen molar-refractivity contribution in [2.24, 2.45) is 0 Å². The van der Waals surface area contributed by atoms with Crippen molar-refractivity contribution in [3.8, 4) is 0 Å². The molecule has 0 aliphatic carbocycles. The Kier molecular flexibility index (Phi) is 7.88. The summed E-state index contributed by atoms with van der Waals surface area (Å²) in [6.45, 7) is 8.75. The van der Waals surface area contributed by atoms with E-state index in [4.69, 9.17) is 0 Å². The molecule has 25 heavy (non-hydrogen) atoms. The van der Waals surface area contributed by atoms with E-state index in [1.807, 2.05) is 32.0 Å². The molecule has 2 amide bonds. The fraction of sp³-hybridized carbons (Fsp3) is 0.579. The molecule has 138 valence electrons. The molecular weight excluding hydrogens is 316 g/mol. The third-order valence-corrected chi connectivity index (χ3v) is 4.23. The van der Waals surface area contributed by atoms with Crippen LogP contribution in [0.25, 0.3) is 0 Å². The topological polar surface area (TPSA) is 64.7 Å². The number of carbonyl (C=O) groups excluding carboxylic acids is 2. The van der Waals surface area contributed by atoms with E-state index in [1.165, 1.54) is 5.56 Å². The maximum atomic E-state index is 12.1. The van der Waals surface area contributed by atoms with E-state index in [0.717, 1.165) is 32.6 Å². The third-order valence-electron chi connectivity index (χ3n) is 4.23. The molecular formula is C19H30N4O2. The molecule has 1 aliphatic heterocycles. The lowest BCUT2D eigenvalue weighted by Crippen LogP contribution is -2.52. The second kappa shape index (κ2) is 10.2. The molecule has 0 saturated carbocycles. The zero-order valence-electron chi connectivity index (χ0n) is 15.3. The van der Waals surface area contributed by atoms with Gasteiger partial charge < -0.3 is 10.6 Å². The monoisotopic (exact) mass is 346 g/mol. The molecule has 1 aromatic rings. The summed E-state index contributed by atoms with van der Waals surface area (Å²) < 4.78 is 0. The molecule has 1 fully saturated rings. The number of amides is 2. The van der Waals surface area contributed by atoms with E-state index in [0.29, 0.717) is 19.6 Å². The second-order valence-corrected chi connectivity index (χ2v) is 6.86. The van der Waals surface area contributed by atoms with Gasteiger partial charge in [-0.2, -0.15) is 0 Å². The zero-order valence-corrected chi connectivity index (χ0v) is 15.3. The normalized spacial score (nSPS) is 16.0. The summed E-state index contributed by atoms with van der Waals surface area (Å²) in [5.74, 6) is 0.143. The molecule has 0 radical (unpaired) electrons. The lowest BCUT2D eigenvalue weighted by molar-refractivity contribution is -0.125. The van der Waals surface area contributed by atoms with Crippen LogP contribution in [0.4, 0.5) is 0 Å². The maximum Gasteiger partial charge on any atom is 0.234 e. The molecule has 1 aliphatic rings. The smallest absolute Gasteiger partial charge is 0.234 e. The highest BCUT2D eigenvalue weighted by atomic mass is 16.2. The lowest BCUT2D eigenvalue weighted by Gasteiger charge is -2.33. The number of rotatable bonds is 8. The SMILES string of the molecule is CC(C)NC(=O)CN1CCN(CC(=O)NCCc2ccccc2)CC1. The second-order valence-electron chi connectivity index (χ2n) is 6.86. The predicted octanol–water partition coefficient (Wildman–Crippen LogP) is 0.488. The number of benzene rings is 1. The van der Waals surface area contributed by atoms with Crippen LogP contribution in [-0.4, -0.2) is 73.5 Å². The molecule has 6 nitrogen and oxygen atoms in total. The van der Waals surface area contributed by atoms with Gasteiger partial charge in [-0.15, -0.1) is 0 Å². The average molecular weight is 346 g/mol. The summed E-state index contributed by atoms with van der Waals surface area (Å²) in [5.41, 5.74) is 1.23. The Morgan fingerprint density at radius 2 is 1.52 bits per heavy atom. The van der Waals surface area contributed by atoms with Gasteiger partial charge in [0.2, 0.25) is 11.8 Å². The number of hydrogen-bond acceptors (Lipinski definition) is 4. The Bertz CT molecular complexity index is 540. The molecule has 0 atom stereocenters. The van der Waals surface area contributed by atoms with Crippen LogP contribution in [0.5, 0.6) is 0 Å². The summed E-state index contributed by atoms with van der Waals surface area (Å²) in [7, 11) is 0. The quantitative estimate of drug-likeness (QED) is 0.719. The van der Waals surface area contributed by atoms with Gasteiger partial charge in [-0.3, -0.25) is 19.4 Å². The van der Waals surface area contributed by atoms with Crippen molar-refractivity contribution >= 4 is 11.8 Å². The Balaban J connectivity index is 1.59. The first-order valence-corrected chi connectivity index (χ1v) is 9.07. The van der Waals surface area contributed by atoms with Crippen LogP contribution in [-0.2, 0) is 16.0 Å². The molecule has 1 heterocycles. The van der Waals surface area contributed by atoms with Gasteiger partial charge in [0.05, 0.1) is 13.1 Å². The minimum absolute atomic E-state index is 0.0712. The van der Waals surface area contributed by atoms with E-state index in [1.54, 1.807) is 0 Å². The standard InChI is InChI=1S/C19H30N4O2/c1-16(2)21-19(25)15-23-12-10-22(11-13-23)14-18(24)20-9-8-17-6-4-3-5-7-17/h3-7,16H,8-15H2,1-2H3,(H,20,24)(H,21,25). The van der Waals surface area contributed by atoms with Crippen LogP contribution in [0.3, 0.4) is 0 Å². The van der Waals surface area contributed by atoms with Crippen LogP contribution < -0.4 is 10.6 Å². The molecule has 2 N–H and O–H groups in total. The van der Waals surface area contributed by atoms with Crippen LogP contribution in [0.2, 0.25) is 0 Å². The predicted molar refractivity (Wildman–Crippen MR) is 99.3 cm³/mol. The van der Waals surface area contributed by atoms with Gasteiger partial charge in [0.1, 0.15) is 0 Å². The molecule has 2 rings (SSSR count). The fourth-order valence-electron chi connectivity index (χ4n) is 2.93. The first-order valence-electron chi connectivity index (χ1n) is 9.07. The average Bonchev–Trinajstić information content (AvgIpc) is 2.57. The number of hydrogen-bond donors (Lipinski definition) is 2. The third kappa shape index (κ3) is 7.67. The molecule has 1 aromatic carbocycles. The van der Waals surface area contributed by atoms with Crippen LogP contribution in [0.15, 0.2) is 30.3 Å². The molecule has 0 aromatic heterocycles.